The Morgan fingerprint density at radius 1 is 1.06 bits per heavy atom. The number of nitrogens with one attached hydrogen (secondary N) is 1. The van der Waals surface area contributed by atoms with E-state index in [9.17, 15) is 31.2 Å². The monoisotopic (exact) mass is 495 g/mol. The predicted molar refractivity (Wildman–Crippen MR) is 111 cm³/mol. The van der Waals surface area contributed by atoms with E-state index in [0.29, 0.717) is 32.0 Å². The second-order valence-electron chi connectivity index (χ2n) is 7.97. The van der Waals surface area contributed by atoms with E-state index in [1.165, 1.54) is 0 Å². The maximum atomic E-state index is 13.0. The smallest absolute Gasteiger partial charge is 0.343 e. The van der Waals surface area contributed by atoms with Crippen molar-refractivity contribution in [2.45, 2.75) is 43.2 Å². The summed E-state index contributed by atoms with van der Waals surface area (Å²) in [6.45, 7) is 2.16. The van der Waals surface area contributed by atoms with Crippen molar-refractivity contribution < 1.29 is 31.2 Å². The van der Waals surface area contributed by atoms with Gasteiger partial charge in [0.2, 0.25) is 21.8 Å². The molecule has 0 radical (unpaired) electrons. The molecule has 178 valence electrons. The molecule has 2 amide bonds. The molecule has 2 heterocycles. The normalized spacial score (nSPS) is 18.2. The van der Waals surface area contributed by atoms with Crippen LogP contribution in [0.5, 0.6) is 0 Å². The zero-order chi connectivity index (χ0) is 23.5. The minimum Gasteiger partial charge on any atom is -0.343 e. The third kappa shape index (κ3) is 5.93. The van der Waals surface area contributed by atoms with Gasteiger partial charge in [-0.05, 0) is 43.9 Å². The van der Waals surface area contributed by atoms with Crippen LogP contribution in [0.15, 0.2) is 23.1 Å². The van der Waals surface area contributed by atoms with Gasteiger partial charge in [0.15, 0.2) is 0 Å². The lowest BCUT2D eigenvalue weighted by Crippen LogP contribution is -2.44. The van der Waals surface area contributed by atoms with Crippen LogP contribution in [0.2, 0.25) is 5.02 Å². The number of nitrogens with zero attached hydrogens (tertiary/aromatic N) is 2. The summed E-state index contributed by atoms with van der Waals surface area (Å²) in [5.74, 6) is -0.223. The molecule has 0 aromatic heterocycles. The van der Waals surface area contributed by atoms with Gasteiger partial charge in [-0.15, -0.1) is 0 Å². The molecule has 0 unspecified atom stereocenters. The fourth-order valence-electron chi connectivity index (χ4n) is 3.99. The van der Waals surface area contributed by atoms with E-state index < -0.39 is 31.7 Å². The van der Waals surface area contributed by atoms with Crippen molar-refractivity contribution in [3.63, 3.8) is 0 Å². The number of halogens is 4. The Labute approximate surface area is 189 Å². The number of likely N-dealkylation sites (tertiary alicyclic amines) is 2. The Hall–Kier alpha value is -1.85. The summed E-state index contributed by atoms with van der Waals surface area (Å²) >= 11 is 5.52. The molecule has 12 heteroatoms. The molecule has 0 bridgehead atoms. The van der Waals surface area contributed by atoms with E-state index in [2.05, 4.69) is 4.72 Å². The number of carbonyl (C=O) groups excluding carboxylic acids is 2. The molecule has 3 rings (SSSR count). The van der Waals surface area contributed by atoms with Crippen molar-refractivity contribution in [3.8, 4) is 0 Å². The summed E-state index contributed by atoms with van der Waals surface area (Å²) in [5.41, 5.74) is -1.25. The first-order valence-corrected chi connectivity index (χ1v) is 12.3. The lowest BCUT2D eigenvalue weighted by Gasteiger charge is -2.33. The van der Waals surface area contributed by atoms with Crippen LogP contribution >= 0.6 is 11.6 Å². The van der Waals surface area contributed by atoms with Gasteiger partial charge in [0.05, 0.1) is 15.5 Å². The van der Waals surface area contributed by atoms with Gasteiger partial charge in [0.25, 0.3) is 0 Å². The van der Waals surface area contributed by atoms with E-state index in [1.54, 1.807) is 4.90 Å². The molecule has 1 aromatic carbocycles. The third-order valence-corrected chi connectivity index (χ3v) is 7.59. The van der Waals surface area contributed by atoms with Gasteiger partial charge in [-0.25, -0.2) is 13.1 Å². The number of hydrogen-bond donors (Lipinski definition) is 1. The van der Waals surface area contributed by atoms with Crippen LogP contribution in [-0.2, 0) is 25.8 Å². The van der Waals surface area contributed by atoms with Crippen molar-refractivity contribution in [1.82, 2.24) is 14.5 Å². The van der Waals surface area contributed by atoms with Crippen molar-refractivity contribution >= 4 is 33.4 Å². The van der Waals surface area contributed by atoms with Crippen LogP contribution in [-0.4, -0.2) is 62.8 Å². The Kier molecular flexibility index (Phi) is 7.72. The third-order valence-electron chi connectivity index (χ3n) is 5.80. The summed E-state index contributed by atoms with van der Waals surface area (Å²) in [7, 11) is -4.25. The molecule has 2 aliphatic rings. The highest BCUT2D eigenvalue weighted by atomic mass is 35.5. The maximum Gasteiger partial charge on any atom is 0.417 e. The Morgan fingerprint density at radius 3 is 2.28 bits per heavy atom. The highest BCUT2D eigenvalue weighted by Gasteiger charge is 2.35. The first kappa shape index (κ1) is 24.8. The van der Waals surface area contributed by atoms with E-state index in [-0.39, 0.29) is 30.7 Å². The molecular weight excluding hydrogens is 471 g/mol. The quantitative estimate of drug-likeness (QED) is 0.657. The molecule has 32 heavy (non-hydrogen) atoms. The zero-order valence-corrected chi connectivity index (χ0v) is 18.9. The molecule has 1 aromatic rings. The fourth-order valence-corrected chi connectivity index (χ4v) is 5.28. The summed E-state index contributed by atoms with van der Waals surface area (Å²) in [4.78, 5) is 27.8. The molecule has 0 spiro atoms. The number of amides is 2. The number of sulfonamides is 1. The topological polar surface area (TPSA) is 86.8 Å². The summed E-state index contributed by atoms with van der Waals surface area (Å²) < 4.78 is 65.7. The Balaban J connectivity index is 1.49. The van der Waals surface area contributed by atoms with Crippen LogP contribution in [0.3, 0.4) is 0 Å². The van der Waals surface area contributed by atoms with Gasteiger partial charge < -0.3 is 9.80 Å². The van der Waals surface area contributed by atoms with Crippen molar-refractivity contribution in [3.05, 3.63) is 28.8 Å². The first-order chi connectivity index (χ1) is 15.0. The van der Waals surface area contributed by atoms with Gasteiger partial charge in [-0.1, -0.05) is 11.6 Å². The standard InChI is InChI=1S/C20H25ClF3N3O4S/c21-17-4-3-15(13-16(17)20(22,23)24)32(30,31)25-8-5-18(28)26-11-6-14(7-12-26)19(29)27-9-1-2-10-27/h3-4,13-14,25H,1-2,5-12H2. The highest BCUT2D eigenvalue weighted by Crippen LogP contribution is 2.35. The zero-order valence-electron chi connectivity index (χ0n) is 17.3. The number of piperidine rings is 1. The van der Waals surface area contributed by atoms with E-state index in [1.807, 2.05) is 4.90 Å². The summed E-state index contributed by atoms with van der Waals surface area (Å²) in [6, 6.07) is 2.32. The van der Waals surface area contributed by atoms with Crippen LogP contribution < -0.4 is 4.72 Å². The number of rotatable bonds is 6. The van der Waals surface area contributed by atoms with Gasteiger partial charge in [-0.3, -0.25) is 9.59 Å². The van der Waals surface area contributed by atoms with E-state index in [4.69, 9.17) is 11.6 Å². The number of alkyl halides is 3. The number of hydrogen-bond acceptors (Lipinski definition) is 4. The molecular formula is C20H25ClF3N3O4S. The summed E-state index contributed by atoms with van der Waals surface area (Å²) in [6.07, 6.45) is -1.75. The minimum atomic E-state index is -4.79. The van der Waals surface area contributed by atoms with E-state index >= 15 is 0 Å². The Bertz CT molecular complexity index is 957. The lowest BCUT2D eigenvalue weighted by atomic mass is 9.95. The number of carbonyl (C=O) groups is 2. The molecule has 2 fully saturated rings. The molecule has 2 aliphatic heterocycles. The largest absolute Gasteiger partial charge is 0.417 e. The molecule has 1 N–H and O–H groups in total. The van der Waals surface area contributed by atoms with Gasteiger partial charge in [0.1, 0.15) is 0 Å². The van der Waals surface area contributed by atoms with Gasteiger partial charge in [0, 0.05) is 45.1 Å². The van der Waals surface area contributed by atoms with Crippen molar-refractivity contribution in [2.75, 3.05) is 32.7 Å². The van der Waals surface area contributed by atoms with Crippen LogP contribution in [0.25, 0.3) is 0 Å². The second kappa shape index (κ2) is 9.96. The first-order valence-electron chi connectivity index (χ1n) is 10.4. The average Bonchev–Trinajstić information content (AvgIpc) is 3.27. The second-order valence-corrected chi connectivity index (χ2v) is 10.1. The fraction of sp³-hybridized carbons (Fsp3) is 0.600. The van der Waals surface area contributed by atoms with Gasteiger partial charge >= 0.3 is 6.18 Å². The predicted octanol–water partition coefficient (Wildman–Crippen LogP) is 2.89. The maximum absolute atomic E-state index is 13.0. The average molecular weight is 496 g/mol. The van der Waals surface area contributed by atoms with Crippen molar-refractivity contribution in [2.24, 2.45) is 5.92 Å². The van der Waals surface area contributed by atoms with Crippen LogP contribution in [0.4, 0.5) is 13.2 Å². The van der Waals surface area contributed by atoms with Crippen LogP contribution in [0.1, 0.15) is 37.7 Å². The summed E-state index contributed by atoms with van der Waals surface area (Å²) in [5, 5.41) is -0.599. The molecule has 0 aliphatic carbocycles. The van der Waals surface area contributed by atoms with Gasteiger partial charge in [-0.2, -0.15) is 13.2 Å². The van der Waals surface area contributed by atoms with E-state index in [0.717, 1.165) is 38.1 Å². The molecule has 0 saturated carbocycles. The van der Waals surface area contributed by atoms with Crippen molar-refractivity contribution in [1.29, 1.82) is 0 Å². The minimum absolute atomic E-state index is 0.0941. The molecule has 0 atom stereocenters. The highest BCUT2D eigenvalue weighted by molar-refractivity contribution is 7.89. The van der Waals surface area contributed by atoms with Crippen LogP contribution in [0, 0.1) is 5.92 Å². The molecule has 7 nitrogen and oxygen atoms in total. The Morgan fingerprint density at radius 2 is 1.69 bits per heavy atom. The SMILES string of the molecule is O=C(CCNS(=O)(=O)c1ccc(Cl)c(C(F)(F)F)c1)N1CCC(C(=O)N2CCCC2)CC1. The molecule has 2 saturated heterocycles. The number of benzene rings is 1. The lowest BCUT2D eigenvalue weighted by molar-refractivity contribution is -0.140.